The number of halogens is 1. The van der Waals surface area contributed by atoms with Gasteiger partial charge >= 0.3 is 0 Å². The Kier molecular flexibility index (Phi) is 4.09. The molecule has 0 heterocycles. The molecule has 2 aromatic rings. The van der Waals surface area contributed by atoms with Crippen LogP contribution in [-0.2, 0) is 10.1 Å². The fourth-order valence-electron chi connectivity index (χ4n) is 1.65. The van der Waals surface area contributed by atoms with E-state index >= 15 is 0 Å². The summed E-state index contributed by atoms with van der Waals surface area (Å²) >= 11 is 5.76. The molecule has 1 unspecified atom stereocenters. The first-order chi connectivity index (χ1) is 8.97. The van der Waals surface area contributed by atoms with Crippen LogP contribution >= 0.6 is 11.6 Å². The topological polar surface area (TPSA) is 66.4 Å². The Morgan fingerprint density at radius 3 is 2.11 bits per heavy atom. The molecule has 2 rings (SSSR count). The molecule has 0 aliphatic heterocycles. The summed E-state index contributed by atoms with van der Waals surface area (Å²) in [5.41, 5.74) is 1.01. The van der Waals surface area contributed by atoms with Crippen LogP contribution in [0.1, 0.15) is 10.9 Å². The quantitative estimate of drug-likeness (QED) is 0.850. The van der Waals surface area contributed by atoms with Gasteiger partial charge in [0, 0.05) is 10.7 Å². The van der Waals surface area contributed by atoms with Gasteiger partial charge in [0.15, 0.2) is 5.37 Å². The van der Waals surface area contributed by atoms with Crippen LogP contribution in [0.3, 0.4) is 0 Å². The van der Waals surface area contributed by atoms with Crippen LogP contribution in [0.25, 0.3) is 0 Å². The van der Waals surface area contributed by atoms with Crippen LogP contribution in [-0.4, -0.2) is 13.0 Å². The van der Waals surface area contributed by atoms with Crippen molar-refractivity contribution in [3.8, 4) is 0 Å². The largest absolute Gasteiger partial charge is 0.363 e. The second-order valence-electron chi connectivity index (χ2n) is 3.96. The Hall–Kier alpha value is -1.56. The van der Waals surface area contributed by atoms with Gasteiger partial charge in [-0.05, 0) is 29.8 Å². The highest BCUT2D eigenvalue weighted by atomic mass is 35.5. The minimum atomic E-state index is -4.28. The molecule has 4 nitrogen and oxygen atoms in total. The minimum Gasteiger partial charge on any atom is -0.363 e. The number of para-hydroxylation sites is 1. The molecule has 1 atom stereocenters. The van der Waals surface area contributed by atoms with Gasteiger partial charge in [0.25, 0.3) is 10.1 Å². The second kappa shape index (κ2) is 5.61. The molecule has 2 aromatic carbocycles. The van der Waals surface area contributed by atoms with Gasteiger partial charge in [0.2, 0.25) is 0 Å². The highest BCUT2D eigenvalue weighted by molar-refractivity contribution is 7.86. The van der Waals surface area contributed by atoms with Crippen molar-refractivity contribution < 1.29 is 13.0 Å². The summed E-state index contributed by atoms with van der Waals surface area (Å²) < 4.78 is 32.3. The zero-order valence-corrected chi connectivity index (χ0v) is 11.4. The van der Waals surface area contributed by atoms with E-state index in [1.807, 2.05) is 6.07 Å². The molecule has 0 fully saturated rings. The maximum absolute atomic E-state index is 11.5. The number of benzene rings is 2. The van der Waals surface area contributed by atoms with Crippen molar-refractivity contribution in [1.29, 1.82) is 0 Å². The molecule has 0 aromatic heterocycles. The Bertz CT molecular complexity index is 641. The van der Waals surface area contributed by atoms with Gasteiger partial charge in [-0.25, -0.2) is 0 Å². The number of hydrogen-bond acceptors (Lipinski definition) is 3. The first kappa shape index (κ1) is 13.9. The Morgan fingerprint density at radius 2 is 1.58 bits per heavy atom. The maximum atomic E-state index is 11.5. The third-order valence-corrected chi connectivity index (χ3v) is 3.78. The maximum Gasteiger partial charge on any atom is 0.290 e. The molecule has 0 saturated carbocycles. The SMILES string of the molecule is O=S(=O)(O)C(Nc1ccccc1)c1ccc(Cl)cc1. The van der Waals surface area contributed by atoms with Crippen LogP contribution < -0.4 is 5.32 Å². The second-order valence-corrected chi connectivity index (χ2v) is 5.89. The van der Waals surface area contributed by atoms with Gasteiger partial charge in [-0.2, -0.15) is 8.42 Å². The van der Waals surface area contributed by atoms with Crippen LogP contribution in [0, 0.1) is 0 Å². The first-order valence-electron chi connectivity index (χ1n) is 5.50. The van der Waals surface area contributed by atoms with Crippen LogP contribution in [0.15, 0.2) is 54.6 Å². The third kappa shape index (κ3) is 3.70. The molecule has 19 heavy (non-hydrogen) atoms. The van der Waals surface area contributed by atoms with Crippen LogP contribution in [0.5, 0.6) is 0 Å². The van der Waals surface area contributed by atoms with Gasteiger partial charge < -0.3 is 5.32 Å². The van der Waals surface area contributed by atoms with Gasteiger partial charge in [-0.1, -0.05) is 41.9 Å². The van der Waals surface area contributed by atoms with Crippen molar-refractivity contribution in [2.24, 2.45) is 0 Å². The van der Waals surface area contributed by atoms with E-state index in [2.05, 4.69) is 5.32 Å². The first-order valence-corrected chi connectivity index (χ1v) is 7.38. The molecule has 6 heteroatoms. The molecule has 0 radical (unpaired) electrons. The zero-order chi connectivity index (χ0) is 13.9. The predicted molar refractivity (Wildman–Crippen MR) is 75.8 cm³/mol. The lowest BCUT2D eigenvalue weighted by molar-refractivity contribution is 0.473. The summed E-state index contributed by atoms with van der Waals surface area (Å²) in [6.45, 7) is 0. The highest BCUT2D eigenvalue weighted by Crippen LogP contribution is 2.25. The molecule has 2 N–H and O–H groups in total. The van der Waals surface area contributed by atoms with E-state index in [-0.39, 0.29) is 0 Å². The minimum absolute atomic E-state index is 0.413. The lowest BCUT2D eigenvalue weighted by atomic mass is 10.2. The van der Waals surface area contributed by atoms with E-state index in [1.54, 1.807) is 48.5 Å². The molecule has 0 saturated heterocycles. The lowest BCUT2D eigenvalue weighted by Crippen LogP contribution is -2.20. The van der Waals surface area contributed by atoms with Crippen molar-refractivity contribution in [2.75, 3.05) is 5.32 Å². The van der Waals surface area contributed by atoms with Gasteiger partial charge in [0.1, 0.15) is 0 Å². The van der Waals surface area contributed by atoms with Gasteiger partial charge in [-0.15, -0.1) is 0 Å². The summed E-state index contributed by atoms with van der Waals surface area (Å²) in [6.07, 6.45) is 0. The van der Waals surface area contributed by atoms with Crippen molar-refractivity contribution >= 4 is 27.4 Å². The molecular formula is C13H12ClNO3S. The molecular weight excluding hydrogens is 286 g/mol. The monoisotopic (exact) mass is 297 g/mol. The van der Waals surface area contributed by atoms with Crippen LogP contribution in [0.4, 0.5) is 5.69 Å². The third-order valence-electron chi connectivity index (χ3n) is 2.54. The summed E-state index contributed by atoms with van der Waals surface area (Å²) in [5.74, 6) is 0. The fraction of sp³-hybridized carbons (Fsp3) is 0.0769. The van der Waals surface area contributed by atoms with Crippen molar-refractivity contribution in [1.82, 2.24) is 0 Å². The van der Waals surface area contributed by atoms with Crippen molar-refractivity contribution in [2.45, 2.75) is 5.37 Å². The highest BCUT2D eigenvalue weighted by Gasteiger charge is 2.24. The standard InChI is InChI=1S/C13H12ClNO3S/c14-11-8-6-10(7-9-11)13(19(16,17)18)15-12-4-2-1-3-5-12/h1-9,13,15H,(H,16,17,18). The average molecular weight is 298 g/mol. The number of hydrogen-bond donors (Lipinski definition) is 2. The van der Waals surface area contributed by atoms with E-state index in [0.717, 1.165) is 0 Å². The Morgan fingerprint density at radius 1 is 1.00 bits per heavy atom. The molecule has 0 spiro atoms. The predicted octanol–water partition coefficient (Wildman–Crippen LogP) is 3.34. The zero-order valence-electron chi connectivity index (χ0n) is 9.82. The summed E-state index contributed by atoms with van der Waals surface area (Å²) in [6, 6.07) is 15.0. The summed E-state index contributed by atoms with van der Waals surface area (Å²) in [5, 5.41) is 2.04. The average Bonchev–Trinajstić information content (AvgIpc) is 2.37. The fourth-order valence-corrected chi connectivity index (χ4v) is 2.57. The molecule has 100 valence electrons. The molecule has 0 amide bonds. The smallest absolute Gasteiger partial charge is 0.290 e. The van der Waals surface area contributed by atoms with E-state index in [1.165, 1.54) is 0 Å². The number of nitrogens with one attached hydrogen (secondary N) is 1. The van der Waals surface area contributed by atoms with Crippen molar-refractivity contribution in [3.63, 3.8) is 0 Å². The van der Waals surface area contributed by atoms with E-state index < -0.39 is 15.5 Å². The van der Waals surface area contributed by atoms with E-state index in [0.29, 0.717) is 16.3 Å². The molecule has 0 aliphatic carbocycles. The Balaban J connectivity index is 2.35. The normalized spacial score (nSPS) is 12.9. The van der Waals surface area contributed by atoms with Gasteiger partial charge in [-0.3, -0.25) is 4.55 Å². The summed E-state index contributed by atoms with van der Waals surface area (Å²) in [4.78, 5) is 0. The van der Waals surface area contributed by atoms with E-state index in [9.17, 15) is 13.0 Å². The Labute approximate surface area is 116 Å². The van der Waals surface area contributed by atoms with Crippen LogP contribution in [0.2, 0.25) is 5.02 Å². The number of anilines is 1. The molecule has 0 bridgehead atoms. The van der Waals surface area contributed by atoms with Gasteiger partial charge in [0.05, 0.1) is 0 Å². The number of rotatable bonds is 4. The van der Waals surface area contributed by atoms with Crippen molar-refractivity contribution in [3.05, 3.63) is 65.2 Å². The summed E-state index contributed by atoms with van der Waals surface area (Å²) in [7, 11) is -4.28. The van der Waals surface area contributed by atoms with E-state index in [4.69, 9.17) is 11.6 Å². The molecule has 0 aliphatic rings. The lowest BCUT2D eigenvalue weighted by Gasteiger charge is -2.17.